The van der Waals surface area contributed by atoms with Crippen LogP contribution < -0.4 is 10.2 Å². The summed E-state index contributed by atoms with van der Waals surface area (Å²) in [7, 11) is -3.24. The topological polar surface area (TPSA) is 157 Å². The maximum atomic E-state index is 14.8. The summed E-state index contributed by atoms with van der Waals surface area (Å²) in [6.45, 7) is -0.373. The molecule has 0 aromatic heterocycles. The first-order valence-electron chi connectivity index (χ1n) is 9.81. The number of aliphatic hydroxyl groups excluding tert-OH is 1. The Kier molecular flexibility index (Phi) is 7.17. The van der Waals surface area contributed by atoms with Gasteiger partial charge in [0.1, 0.15) is 17.7 Å². The molecule has 14 heteroatoms. The summed E-state index contributed by atoms with van der Waals surface area (Å²) in [6.07, 6.45) is -3.56. The van der Waals surface area contributed by atoms with Gasteiger partial charge in [0.25, 0.3) is 11.8 Å². The van der Waals surface area contributed by atoms with Gasteiger partial charge in [-0.3, -0.25) is 19.1 Å². The molecule has 3 amide bonds. The van der Waals surface area contributed by atoms with E-state index in [0.717, 1.165) is 21.9 Å². The SMILES string of the molecule is CNC(=O)C1CN(c2cc(F)c(C3=CCN(C(=O)[C@H](O)CP(=O)(O)O)CC3)c(F)c2)C(=O)O1. The number of rotatable bonds is 6. The molecular weight excluding hydrogens is 467 g/mol. The molecule has 1 unspecified atom stereocenters. The molecule has 1 aromatic carbocycles. The Bertz CT molecular complexity index is 1040. The van der Waals surface area contributed by atoms with Crippen molar-refractivity contribution in [3.05, 3.63) is 35.4 Å². The number of hydrogen-bond acceptors (Lipinski definition) is 6. The van der Waals surface area contributed by atoms with Crippen LogP contribution in [-0.4, -0.2) is 82.8 Å². The number of nitrogens with zero attached hydrogens (tertiary/aromatic N) is 2. The van der Waals surface area contributed by atoms with Gasteiger partial charge in [-0.2, -0.15) is 0 Å². The summed E-state index contributed by atoms with van der Waals surface area (Å²) in [4.78, 5) is 55.7. The van der Waals surface area contributed by atoms with E-state index in [1.54, 1.807) is 0 Å². The summed E-state index contributed by atoms with van der Waals surface area (Å²) in [6, 6.07) is 1.88. The number of carbonyl (C=O) groups excluding carboxylic acids is 3. The molecule has 33 heavy (non-hydrogen) atoms. The van der Waals surface area contributed by atoms with Crippen molar-refractivity contribution < 1.29 is 47.4 Å². The largest absolute Gasteiger partial charge is 0.434 e. The average Bonchev–Trinajstić information content (AvgIpc) is 3.13. The number of hydrogen-bond donors (Lipinski definition) is 4. The molecular formula is C19H22F2N3O8P. The highest BCUT2D eigenvalue weighted by Gasteiger charge is 2.37. The molecule has 0 saturated carbocycles. The average molecular weight is 489 g/mol. The normalized spacial score (nSPS) is 19.8. The van der Waals surface area contributed by atoms with Gasteiger partial charge in [0.15, 0.2) is 6.10 Å². The lowest BCUT2D eigenvalue weighted by Gasteiger charge is -2.29. The van der Waals surface area contributed by atoms with Crippen molar-refractivity contribution in [2.24, 2.45) is 0 Å². The second kappa shape index (κ2) is 9.56. The van der Waals surface area contributed by atoms with Gasteiger partial charge in [-0.1, -0.05) is 6.08 Å². The molecule has 3 rings (SSSR count). The van der Waals surface area contributed by atoms with Gasteiger partial charge in [-0.05, 0) is 24.1 Å². The second-order valence-electron chi connectivity index (χ2n) is 7.51. The van der Waals surface area contributed by atoms with Crippen molar-refractivity contribution in [1.82, 2.24) is 10.2 Å². The number of cyclic esters (lactones) is 1. The predicted octanol–water partition coefficient (Wildman–Crippen LogP) is 0.190. The third-order valence-electron chi connectivity index (χ3n) is 5.23. The van der Waals surface area contributed by atoms with E-state index in [2.05, 4.69) is 5.32 Å². The fourth-order valence-electron chi connectivity index (χ4n) is 3.60. The van der Waals surface area contributed by atoms with Crippen LogP contribution in [-0.2, 0) is 18.9 Å². The molecule has 1 aromatic rings. The standard InChI is InChI=1S/C19H22F2N3O8P/c1-22-17(26)15-8-24(19(28)32-15)11-6-12(20)16(13(21)7-11)10-2-4-23(5-3-10)18(27)14(25)9-33(29,30)31/h2,6-7,14-15,25H,3-5,8-9H2,1H3,(H,22,26)(H2,29,30,31)/t14-,15?/m1/s1. The van der Waals surface area contributed by atoms with Crippen LogP contribution in [0.4, 0.5) is 19.3 Å². The lowest BCUT2D eigenvalue weighted by molar-refractivity contribution is -0.138. The van der Waals surface area contributed by atoms with Crippen LogP contribution in [0.3, 0.4) is 0 Å². The summed E-state index contributed by atoms with van der Waals surface area (Å²) in [5, 5.41) is 12.0. The molecule has 2 aliphatic heterocycles. The van der Waals surface area contributed by atoms with Gasteiger partial charge in [0, 0.05) is 25.7 Å². The smallest absolute Gasteiger partial charge is 0.415 e. The van der Waals surface area contributed by atoms with E-state index in [9.17, 15) is 32.8 Å². The van der Waals surface area contributed by atoms with Crippen LogP contribution in [0.25, 0.3) is 5.57 Å². The lowest BCUT2D eigenvalue weighted by Crippen LogP contribution is -2.42. The number of amides is 3. The Labute approximate surface area is 186 Å². The highest BCUT2D eigenvalue weighted by atomic mass is 31.2. The highest BCUT2D eigenvalue weighted by Crippen LogP contribution is 2.36. The van der Waals surface area contributed by atoms with Crippen molar-refractivity contribution >= 4 is 36.8 Å². The van der Waals surface area contributed by atoms with Crippen molar-refractivity contribution in [3.63, 3.8) is 0 Å². The fraction of sp³-hybridized carbons (Fsp3) is 0.421. The van der Waals surface area contributed by atoms with Crippen molar-refractivity contribution in [1.29, 1.82) is 0 Å². The zero-order chi connectivity index (χ0) is 24.5. The molecule has 2 aliphatic rings. The minimum absolute atomic E-state index is 0.0199. The van der Waals surface area contributed by atoms with Crippen LogP contribution in [0.1, 0.15) is 12.0 Å². The third kappa shape index (κ3) is 5.56. The van der Waals surface area contributed by atoms with Crippen molar-refractivity contribution in [2.75, 3.05) is 37.7 Å². The zero-order valence-electron chi connectivity index (χ0n) is 17.4. The molecule has 0 bridgehead atoms. The summed E-state index contributed by atoms with van der Waals surface area (Å²) in [5.41, 5.74) is -0.228. The summed E-state index contributed by atoms with van der Waals surface area (Å²) < 4.78 is 45.5. The Morgan fingerprint density at radius 2 is 1.94 bits per heavy atom. The third-order valence-corrected chi connectivity index (χ3v) is 6.05. The zero-order valence-corrected chi connectivity index (χ0v) is 18.3. The fourth-order valence-corrected chi connectivity index (χ4v) is 4.21. The van der Waals surface area contributed by atoms with Gasteiger partial charge in [0.05, 0.1) is 18.4 Å². The molecule has 180 valence electrons. The van der Waals surface area contributed by atoms with Gasteiger partial charge in [0.2, 0.25) is 0 Å². The Morgan fingerprint density at radius 3 is 2.45 bits per heavy atom. The van der Waals surface area contributed by atoms with Gasteiger partial charge >= 0.3 is 13.7 Å². The first kappa shape index (κ1) is 24.8. The minimum Gasteiger partial charge on any atom is -0.434 e. The maximum absolute atomic E-state index is 14.8. The van der Waals surface area contributed by atoms with E-state index >= 15 is 0 Å². The monoisotopic (exact) mass is 489 g/mol. The number of carbonyl (C=O) groups is 3. The summed E-state index contributed by atoms with van der Waals surface area (Å²) >= 11 is 0. The van der Waals surface area contributed by atoms with E-state index < -0.39 is 55.5 Å². The minimum atomic E-state index is -4.60. The quantitative estimate of drug-likeness (QED) is 0.413. The van der Waals surface area contributed by atoms with Gasteiger partial charge in [-0.15, -0.1) is 0 Å². The highest BCUT2D eigenvalue weighted by molar-refractivity contribution is 7.51. The molecule has 2 atom stereocenters. The molecule has 0 spiro atoms. The van der Waals surface area contributed by atoms with Crippen LogP contribution in [0.15, 0.2) is 18.2 Å². The van der Waals surface area contributed by atoms with Crippen LogP contribution in [0, 0.1) is 11.6 Å². The Hall–Kier alpha value is -2.86. The van der Waals surface area contributed by atoms with E-state index in [1.807, 2.05) is 0 Å². The number of aliphatic hydroxyl groups is 1. The molecule has 0 radical (unpaired) electrons. The Balaban J connectivity index is 1.75. The summed E-state index contributed by atoms with van der Waals surface area (Å²) in [5.74, 6) is -3.38. The van der Waals surface area contributed by atoms with Crippen molar-refractivity contribution in [3.8, 4) is 0 Å². The number of nitrogens with one attached hydrogen (secondary N) is 1. The molecule has 1 saturated heterocycles. The predicted molar refractivity (Wildman–Crippen MR) is 110 cm³/mol. The molecule has 2 heterocycles. The first-order valence-corrected chi connectivity index (χ1v) is 11.6. The van der Waals surface area contributed by atoms with E-state index in [-0.39, 0.29) is 42.9 Å². The van der Waals surface area contributed by atoms with E-state index in [1.165, 1.54) is 13.1 Å². The first-order chi connectivity index (χ1) is 15.4. The molecule has 11 nitrogen and oxygen atoms in total. The molecule has 4 N–H and O–H groups in total. The second-order valence-corrected chi connectivity index (χ2v) is 9.20. The number of halogens is 2. The van der Waals surface area contributed by atoms with Crippen molar-refractivity contribution in [2.45, 2.75) is 18.6 Å². The van der Waals surface area contributed by atoms with Crippen LogP contribution >= 0.6 is 7.60 Å². The molecule has 1 fully saturated rings. The van der Waals surface area contributed by atoms with Gasteiger partial charge in [-0.25, -0.2) is 13.6 Å². The Morgan fingerprint density at radius 1 is 1.30 bits per heavy atom. The lowest BCUT2D eigenvalue weighted by atomic mass is 9.97. The van der Waals surface area contributed by atoms with E-state index in [4.69, 9.17) is 14.5 Å². The van der Waals surface area contributed by atoms with E-state index in [0.29, 0.717) is 0 Å². The van der Waals surface area contributed by atoms with Gasteiger partial charge < -0.3 is 29.8 Å². The molecule has 0 aliphatic carbocycles. The maximum Gasteiger partial charge on any atom is 0.415 e. The number of benzene rings is 1. The number of ether oxygens (including phenoxy) is 1. The number of anilines is 1. The van der Waals surface area contributed by atoms with Crippen LogP contribution in [0.5, 0.6) is 0 Å². The number of likely N-dealkylation sites (N-methyl/N-ethyl adjacent to an activating group) is 1. The van der Waals surface area contributed by atoms with Crippen LogP contribution in [0.2, 0.25) is 0 Å².